The second-order valence-corrected chi connectivity index (χ2v) is 7.34. The van der Waals surface area contributed by atoms with E-state index >= 15 is 0 Å². The highest BCUT2D eigenvalue weighted by Gasteiger charge is 2.36. The van der Waals surface area contributed by atoms with Crippen LogP contribution in [0.2, 0.25) is 0 Å². The van der Waals surface area contributed by atoms with Gasteiger partial charge in [0.15, 0.2) is 0 Å². The van der Waals surface area contributed by atoms with Crippen molar-refractivity contribution in [3.8, 4) is 0 Å². The lowest BCUT2D eigenvalue weighted by Crippen LogP contribution is -2.48. The molecule has 1 amide bonds. The standard InChI is InChI=1S/C14H21N3O3S/c1-10-5-6-12(14(16)18)9-17(10)21(19,20)13-4-2-3-11(7-13)8-15/h2-4,7,10,12H,5-6,8-9,15H2,1H3,(H2,16,18). The van der Waals surface area contributed by atoms with E-state index in [2.05, 4.69) is 0 Å². The molecule has 1 heterocycles. The van der Waals surface area contributed by atoms with Crippen LogP contribution < -0.4 is 11.5 Å². The third kappa shape index (κ3) is 3.25. The van der Waals surface area contributed by atoms with Crippen molar-refractivity contribution in [2.45, 2.75) is 37.2 Å². The highest BCUT2D eigenvalue weighted by Crippen LogP contribution is 2.28. The summed E-state index contributed by atoms with van der Waals surface area (Å²) in [5.74, 6) is -0.869. The maximum Gasteiger partial charge on any atom is 0.243 e. The summed E-state index contributed by atoms with van der Waals surface area (Å²) in [5, 5.41) is 0. The molecule has 1 fully saturated rings. The van der Waals surface area contributed by atoms with E-state index in [0.29, 0.717) is 12.8 Å². The summed E-state index contributed by atoms with van der Waals surface area (Å²) >= 11 is 0. The first-order valence-electron chi connectivity index (χ1n) is 6.96. The van der Waals surface area contributed by atoms with Crippen molar-refractivity contribution in [3.05, 3.63) is 29.8 Å². The molecule has 1 aliphatic heterocycles. The summed E-state index contributed by atoms with van der Waals surface area (Å²) in [6, 6.07) is 6.44. The Hall–Kier alpha value is -1.44. The molecule has 2 atom stereocenters. The fraction of sp³-hybridized carbons (Fsp3) is 0.500. The van der Waals surface area contributed by atoms with E-state index in [4.69, 9.17) is 11.5 Å². The molecule has 7 heteroatoms. The largest absolute Gasteiger partial charge is 0.369 e. The first-order chi connectivity index (χ1) is 9.86. The molecular formula is C14H21N3O3S. The van der Waals surface area contributed by atoms with Crippen molar-refractivity contribution in [3.63, 3.8) is 0 Å². The van der Waals surface area contributed by atoms with Gasteiger partial charge in [0.2, 0.25) is 15.9 Å². The summed E-state index contributed by atoms with van der Waals surface area (Å²) in [4.78, 5) is 11.6. The van der Waals surface area contributed by atoms with Crippen LogP contribution in [-0.2, 0) is 21.4 Å². The van der Waals surface area contributed by atoms with Gasteiger partial charge in [-0.3, -0.25) is 4.79 Å². The number of benzene rings is 1. The second-order valence-electron chi connectivity index (χ2n) is 5.45. The normalized spacial score (nSPS) is 23.9. The minimum absolute atomic E-state index is 0.145. The molecule has 0 aromatic heterocycles. The van der Waals surface area contributed by atoms with Gasteiger partial charge in [-0.2, -0.15) is 4.31 Å². The fourth-order valence-electron chi connectivity index (χ4n) is 2.61. The van der Waals surface area contributed by atoms with Gasteiger partial charge in [-0.1, -0.05) is 12.1 Å². The Kier molecular flexibility index (Phi) is 4.65. The summed E-state index contributed by atoms with van der Waals surface area (Å²) < 4.78 is 26.9. The Morgan fingerprint density at radius 2 is 2.10 bits per heavy atom. The first-order valence-corrected chi connectivity index (χ1v) is 8.40. The summed E-state index contributed by atoms with van der Waals surface area (Å²) in [7, 11) is -3.64. The molecule has 0 saturated carbocycles. The Morgan fingerprint density at radius 1 is 1.38 bits per heavy atom. The smallest absolute Gasteiger partial charge is 0.243 e. The van der Waals surface area contributed by atoms with Crippen LogP contribution in [-0.4, -0.2) is 31.2 Å². The number of carbonyl (C=O) groups is 1. The third-order valence-corrected chi connectivity index (χ3v) is 5.94. The summed E-state index contributed by atoms with van der Waals surface area (Å²) in [6.07, 6.45) is 1.26. The topological polar surface area (TPSA) is 106 Å². The lowest BCUT2D eigenvalue weighted by Gasteiger charge is -2.35. The van der Waals surface area contributed by atoms with Gasteiger partial charge < -0.3 is 11.5 Å². The molecule has 6 nitrogen and oxygen atoms in total. The number of primary amides is 1. The molecule has 2 unspecified atom stereocenters. The minimum atomic E-state index is -3.64. The third-order valence-electron chi connectivity index (χ3n) is 3.97. The Bertz CT molecular complexity index is 630. The highest BCUT2D eigenvalue weighted by molar-refractivity contribution is 7.89. The van der Waals surface area contributed by atoms with Crippen molar-refractivity contribution in [2.75, 3.05) is 6.54 Å². The molecule has 4 N–H and O–H groups in total. The predicted octanol–water partition coefficient (Wildman–Crippen LogP) is 0.420. The van der Waals surface area contributed by atoms with E-state index < -0.39 is 21.8 Å². The van der Waals surface area contributed by atoms with E-state index in [0.717, 1.165) is 5.56 Å². The van der Waals surface area contributed by atoms with E-state index in [1.54, 1.807) is 24.3 Å². The predicted molar refractivity (Wildman–Crippen MR) is 79.6 cm³/mol. The van der Waals surface area contributed by atoms with Crippen molar-refractivity contribution >= 4 is 15.9 Å². The van der Waals surface area contributed by atoms with Crippen molar-refractivity contribution in [1.82, 2.24) is 4.31 Å². The Balaban J connectivity index is 2.34. The quantitative estimate of drug-likeness (QED) is 0.840. The van der Waals surface area contributed by atoms with E-state index in [1.165, 1.54) is 4.31 Å². The maximum atomic E-state index is 12.8. The van der Waals surface area contributed by atoms with Crippen LogP contribution in [0.15, 0.2) is 29.2 Å². The molecule has 1 aliphatic rings. The lowest BCUT2D eigenvalue weighted by molar-refractivity contribution is -0.123. The van der Waals surface area contributed by atoms with Gasteiger partial charge in [0, 0.05) is 19.1 Å². The van der Waals surface area contributed by atoms with Gasteiger partial charge in [-0.05, 0) is 37.5 Å². The molecule has 116 valence electrons. The van der Waals surface area contributed by atoms with Crippen LogP contribution in [0.4, 0.5) is 0 Å². The summed E-state index contributed by atoms with van der Waals surface area (Å²) in [6.45, 7) is 2.27. The van der Waals surface area contributed by atoms with Crippen molar-refractivity contribution in [1.29, 1.82) is 0 Å². The molecule has 0 spiro atoms. The van der Waals surface area contributed by atoms with Gasteiger partial charge in [0.25, 0.3) is 0 Å². The maximum absolute atomic E-state index is 12.8. The van der Waals surface area contributed by atoms with Crippen LogP contribution in [0.1, 0.15) is 25.3 Å². The number of hydrogen-bond acceptors (Lipinski definition) is 4. The molecule has 0 bridgehead atoms. The first kappa shape index (κ1) is 15.9. The number of nitrogens with two attached hydrogens (primary N) is 2. The minimum Gasteiger partial charge on any atom is -0.369 e. The molecule has 1 aromatic carbocycles. The Labute approximate surface area is 125 Å². The number of amides is 1. The van der Waals surface area contributed by atoms with Crippen molar-refractivity contribution in [2.24, 2.45) is 17.4 Å². The number of rotatable bonds is 4. The zero-order valence-corrected chi connectivity index (χ0v) is 12.8. The Morgan fingerprint density at radius 3 is 2.71 bits per heavy atom. The van der Waals surface area contributed by atoms with Crippen molar-refractivity contribution < 1.29 is 13.2 Å². The average Bonchev–Trinajstić information content (AvgIpc) is 2.47. The number of piperidine rings is 1. The highest BCUT2D eigenvalue weighted by atomic mass is 32.2. The van der Waals surface area contributed by atoms with Gasteiger partial charge in [-0.25, -0.2) is 8.42 Å². The molecule has 2 rings (SSSR count). The van der Waals surface area contributed by atoms with Crippen LogP contribution in [0, 0.1) is 5.92 Å². The zero-order valence-electron chi connectivity index (χ0n) is 12.0. The summed E-state index contributed by atoms with van der Waals surface area (Å²) in [5.41, 5.74) is 11.6. The van der Waals surface area contributed by atoms with Crippen LogP contribution in [0.3, 0.4) is 0 Å². The molecular weight excluding hydrogens is 290 g/mol. The lowest BCUT2D eigenvalue weighted by atomic mass is 9.95. The SMILES string of the molecule is CC1CCC(C(N)=O)CN1S(=O)(=O)c1cccc(CN)c1. The molecule has 0 radical (unpaired) electrons. The van der Waals surface area contributed by atoms with Gasteiger partial charge in [0.05, 0.1) is 10.8 Å². The number of carbonyl (C=O) groups excluding carboxylic acids is 1. The van der Waals surface area contributed by atoms with Gasteiger partial charge in [0.1, 0.15) is 0 Å². The van der Waals surface area contributed by atoms with E-state index in [-0.39, 0.29) is 24.0 Å². The molecule has 1 saturated heterocycles. The fourth-order valence-corrected chi connectivity index (χ4v) is 4.39. The average molecular weight is 311 g/mol. The second kappa shape index (κ2) is 6.13. The number of sulfonamides is 1. The number of nitrogens with zero attached hydrogens (tertiary/aromatic N) is 1. The number of hydrogen-bond donors (Lipinski definition) is 2. The van der Waals surface area contributed by atoms with Crippen LogP contribution in [0.5, 0.6) is 0 Å². The van der Waals surface area contributed by atoms with Gasteiger partial charge in [-0.15, -0.1) is 0 Å². The molecule has 21 heavy (non-hydrogen) atoms. The monoisotopic (exact) mass is 311 g/mol. The molecule has 0 aliphatic carbocycles. The zero-order chi connectivity index (χ0) is 15.6. The van der Waals surface area contributed by atoms with Crippen LogP contribution >= 0.6 is 0 Å². The molecule has 1 aromatic rings. The van der Waals surface area contributed by atoms with Crippen LogP contribution in [0.25, 0.3) is 0 Å². The van der Waals surface area contributed by atoms with E-state index in [1.807, 2.05) is 6.92 Å². The van der Waals surface area contributed by atoms with E-state index in [9.17, 15) is 13.2 Å². The van der Waals surface area contributed by atoms with Gasteiger partial charge >= 0.3 is 0 Å².